The summed E-state index contributed by atoms with van der Waals surface area (Å²) in [4.78, 5) is 51.7. The van der Waals surface area contributed by atoms with Gasteiger partial charge in [0.25, 0.3) is 0 Å². The van der Waals surface area contributed by atoms with Crippen molar-refractivity contribution in [1.29, 1.82) is 0 Å². The number of carbonyl (C=O) groups is 3. The minimum atomic E-state index is 0.191. The summed E-state index contributed by atoms with van der Waals surface area (Å²) in [5, 5.41) is 0. The Labute approximate surface area is 503 Å². The zero-order valence-electron chi connectivity index (χ0n) is 51.4. The summed E-state index contributed by atoms with van der Waals surface area (Å²) >= 11 is 0. The highest BCUT2D eigenvalue weighted by Gasteiger charge is 2.31. The van der Waals surface area contributed by atoms with Crippen molar-refractivity contribution < 1.29 is 28.6 Å². The molecule has 0 aromatic heterocycles. The number of benzene rings is 6. The molecule has 3 amide bonds. The SMILES string of the molecule is CCOc1ccc(N(C(=O)CC)C2CCN(CCc3ccccc3)CC2)cc1.CCOc1cccc(CCN2CCC(N(C(=O)CC)c3ccccc3)CC2)c1.CCOc1cccc(N(C(=O)CC)C2CCN(CCc3ccccc3)CC2)c1. The van der Waals surface area contributed by atoms with Crippen LogP contribution in [0.5, 0.6) is 17.2 Å². The Morgan fingerprint density at radius 1 is 0.357 bits per heavy atom. The predicted molar refractivity (Wildman–Crippen MR) is 345 cm³/mol. The molecule has 6 aromatic rings. The van der Waals surface area contributed by atoms with E-state index in [0.29, 0.717) is 45.1 Å². The molecular weight excluding hydrogens is 1040 g/mol. The highest BCUT2D eigenvalue weighted by molar-refractivity contribution is 5.95. The molecule has 3 aliphatic rings. The quantitative estimate of drug-likeness (QED) is 0.0587. The van der Waals surface area contributed by atoms with Crippen LogP contribution in [0.15, 0.2) is 164 Å². The van der Waals surface area contributed by atoms with Gasteiger partial charge in [-0.25, -0.2) is 0 Å². The van der Waals surface area contributed by atoms with Gasteiger partial charge in [0.2, 0.25) is 17.7 Å². The Balaban J connectivity index is 0.000000181. The molecule has 0 saturated carbocycles. The number of anilines is 3. The molecule has 450 valence electrons. The van der Waals surface area contributed by atoms with Crippen molar-refractivity contribution in [3.63, 3.8) is 0 Å². The van der Waals surface area contributed by atoms with Crippen molar-refractivity contribution in [2.24, 2.45) is 0 Å². The number of hydrogen-bond acceptors (Lipinski definition) is 9. The smallest absolute Gasteiger partial charge is 0.226 e. The third-order valence-electron chi connectivity index (χ3n) is 16.4. The lowest BCUT2D eigenvalue weighted by atomic mass is 10.0. The normalized spacial score (nSPS) is 15.4. The number of likely N-dealkylation sites (tertiary alicyclic amines) is 3. The minimum absolute atomic E-state index is 0.191. The van der Waals surface area contributed by atoms with Crippen LogP contribution in [0.25, 0.3) is 0 Å². The number of hydrogen-bond donors (Lipinski definition) is 0. The topological polar surface area (TPSA) is 98.3 Å². The molecule has 0 spiro atoms. The highest BCUT2D eigenvalue weighted by atomic mass is 16.5. The maximum absolute atomic E-state index is 12.7. The summed E-state index contributed by atoms with van der Waals surface area (Å²) in [6.07, 6.45) is 10.9. The number of carbonyl (C=O) groups excluding carboxylic acids is 3. The maximum Gasteiger partial charge on any atom is 0.226 e. The van der Waals surface area contributed by atoms with Crippen molar-refractivity contribution in [3.05, 3.63) is 180 Å². The molecule has 0 bridgehead atoms. The second-order valence-corrected chi connectivity index (χ2v) is 22.1. The summed E-state index contributed by atoms with van der Waals surface area (Å²) in [6, 6.07) is 56.6. The first kappa shape index (κ1) is 64.6. The first-order valence-corrected chi connectivity index (χ1v) is 31.6. The van der Waals surface area contributed by atoms with Gasteiger partial charge in [0.1, 0.15) is 17.2 Å². The van der Waals surface area contributed by atoms with Gasteiger partial charge >= 0.3 is 0 Å². The van der Waals surface area contributed by atoms with E-state index >= 15 is 0 Å². The monoisotopic (exact) mass is 1140 g/mol. The number of para-hydroxylation sites is 1. The van der Waals surface area contributed by atoms with Gasteiger partial charge in [-0.3, -0.25) is 14.4 Å². The Morgan fingerprint density at radius 3 is 1.08 bits per heavy atom. The van der Waals surface area contributed by atoms with Crippen molar-refractivity contribution in [2.75, 3.05) is 93.4 Å². The van der Waals surface area contributed by atoms with Crippen molar-refractivity contribution in [3.8, 4) is 17.2 Å². The fourth-order valence-corrected chi connectivity index (χ4v) is 11.8. The standard InChI is InChI=1S/3C24H32N2O2/c1-3-24(27)26(21-10-6-5-7-11-21)22-14-17-25(18-15-22)16-13-20-9-8-12-23(19-20)28-4-2;1-3-24(27)26(22-11-8-12-23(19-22)28-4-2)21-14-17-25(18-15-21)16-13-20-9-6-5-7-10-20;1-3-24(27)26(21-10-12-23(13-11-21)28-4-2)22-15-18-25(19-16-22)17-14-20-8-6-5-7-9-20/h5-12,19,22H,3-4,13-18H2,1-2H3;5-12,19,21H,3-4,13-18H2,1-2H3;5-13,22H,3-4,14-19H2,1-2H3. The van der Waals surface area contributed by atoms with Crippen LogP contribution in [0, 0.1) is 0 Å². The van der Waals surface area contributed by atoms with Crippen LogP contribution in [0.3, 0.4) is 0 Å². The molecule has 6 aromatic carbocycles. The van der Waals surface area contributed by atoms with Crippen LogP contribution in [-0.4, -0.2) is 129 Å². The summed E-state index contributed by atoms with van der Waals surface area (Å²) in [5.74, 6) is 3.25. The Bertz CT molecular complexity index is 2810. The lowest BCUT2D eigenvalue weighted by Crippen LogP contribution is -2.47. The van der Waals surface area contributed by atoms with Gasteiger partial charge in [-0.1, -0.05) is 118 Å². The van der Waals surface area contributed by atoms with Gasteiger partial charge in [-0.2, -0.15) is 0 Å². The molecule has 0 atom stereocenters. The lowest BCUT2D eigenvalue weighted by Gasteiger charge is -2.38. The molecule has 3 heterocycles. The summed E-state index contributed by atoms with van der Waals surface area (Å²) in [5.41, 5.74) is 7.07. The molecule has 0 unspecified atom stereocenters. The second kappa shape index (κ2) is 35.3. The van der Waals surface area contributed by atoms with Gasteiger partial charge < -0.3 is 43.6 Å². The van der Waals surface area contributed by atoms with Gasteiger partial charge in [0, 0.05) is 119 Å². The van der Waals surface area contributed by atoms with Crippen LogP contribution in [0.1, 0.15) is 116 Å². The van der Waals surface area contributed by atoms with Gasteiger partial charge in [0.15, 0.2) is 0 Å². The fraction of sp³-hybridized carbons (Fsp3) is 0.458. The average Bonchev–Trinajstić information content (AvgIpc) is 3.74. The lowest BCUT2D eigenvalue weighted by molar-refractivity contribution is -0.119. The van der Waals surface area contributed by atoms with E-state index in [1.165, 1.54) is 16.7 Å². The molecule has 12 heteroatoms. The number of rotatable bonds is 24. The van der Waals surface area contributed by atoms with Gasteiger partial charge in [-0.05, 0) is 156 Å². The van der Waals surface area contributed by atoms with Crippen LogP contribution in [0.4, 0.5) is 17.1 Å². The van der Waals surface area contributed by atoms with Gasteiger partial charge in [0.05, 0.1) is 19.8 Å². The fourth-order valence-electron chi connectivity index (χ4n) is 11.8. The Kier molecular flexibility index (Phi) is 27.2. The van der Waals surface area contributed by atoms with E-state index in [1.54, 1.807) is 0 Å². The first-order chi connectivity index (χ1) is 41.1. The Hall–Kier alpha value is -6.99. The molecular formula is C72H96N6O6. The molecule has 0 radical (unpaired) electrons. The Morgan fingerprint density at radius 2 is 0.679 bits per heavy atom. The molecule has 12 nitrogen and oxygen atoms in total. The summed E-state index contributed by atoms with van der Waals surface area (Å²) in [6.45, 7) is 23.2. The zero-order valence-corrected chi connectivity index (χ0v) is 51.4. The van der Waals surface area contributed by atoms with E-state index < -0.39 is 0 Å². The van der Waals surface area contributed by atoms with Crippen LogP contribution >= 0.6 is 0 Å². The van der Waals surface area contributed by atoms with E-state index in [1.807, 2.05) is 141 Å². The zero-order chi connectivity index (χ0) is 59.3. The molecule has 9 rings (SSSR count). The van der Waals surface area contributed by atoms with Crippen molar-refractivity contribution >= 4 is 34.8 Å². The second-order valence-electron chi connectivity index (χ2n) is 22.1. The molecule has 3 fully saturated rings. The molecule has 3 saturated heterocycles. The third kappa shape index (κ3) is 20.1. The average molecular weight is 1140 g/mol. The number of piperidine rings is 3. The number of ether oxygens (including phenoxy) is 3. The highest BCUT2D eigenvalue weighted by Crippen LogP contribution is 2.30. The van der Waals surface area contributed by atoms with Crippen LogP contribution < -0.4 is 28.9 Å². The minimum Gasteiger partial charge on any atom is -0.494 e. The molecule has 0 aliphatic carbocycles. The third-order valence-corrected chi connectivity index (χ3v) is 16.4. The predicted octanol–water partition coefficient (Wildman–Crippen LogP) is 13.6. The van der Waals surface area contributed by atoms with Gasteiger partial charge in [-0.15, -0.1) is 0 Å². The van der Waals surface area contributed by atoms with Crippen molar-refractivity contribution in [1.82, 2.24) is 14.7 Å². The van der Waals surface area contributed by atoms with E-state index in [0.717, 1.165) is 151 Å². The maximum atomic E-state index is 12.7. The summed E-state index contributed by atoms with van der Waals surface area (Å²) < 4.78 is 16.8. The van der Waals surface area contributed by atoms with Crippen LogP contribution in [-0.2, 0) is 33.6 Å². The van der Waals surface area contributed by atoms with E-state index in [4.69, 9.17) is 14.2 Å². The van der Waals surface area contributed by atoms with Crippen LogP contribution in [0.2, 0.25) is 0 Å². The van der Waals surface area contributed by atoms with Crippen molar-refractivity contribution in [2.45, 2.75) is 137 Å². The molecule has 0 N–H and O–H groups in total. The van der Waals surface area contributed by atoms with E-state index in [9.17, 15) is 14.4 Å². The number of amides is 3. The number of nitrogens with zero attached hydrogens (tertiary/aromatic N) is 6. The van der Waals surface area contributed by atoms with E-state index in [-0.39, 0.29) is 29.8 Å². The van der Waals surface area contributed by atoms with E-state index in [2.05, 4.69) is 93.6 Å². The first-order valence-electron chi connectivity index (χ1n) is 31.6. The largest absolute Gasteiger partial charge is 0.494 e. The molecule has 84 heavy (non-hydrogen) atoms. The molecule has 3 aliphatic heterocycles. The summed E-state index contributed by atoms with van der Waals surface area (Å²) in [7, 11) is 0.